The van der Waals surface area contributed by atoms with E-state index in [1.165, 1.54) is 11.9 Å². The second-order valence-corrected chi connectivity index (χ2v) is 8.42. The maximum Gasteiger partial charge on any atom is 0.407 e. The number of hydrogen-bond donors (Lipinski definition) is 3. The first kappa shape index (κ1) is 23.3. The van der Waals surface area contributed by atoms with Crippen LogP contribution in [0.2, 0.25) is 0 Å². The van der Waals surface area contributed by atoms with Crippen molar-refractivity contribution in [2.24, 2.45) is 0 Å². The maximum absolute atomic E-state index is 13.0. The number of amides is 3. The number of carbonyl (C=O) groups is 4. The second-order valence-electron chi connectivity index (χ2n) is 8.42. The highest BCUT2D eigenvalue weighted by molar-refractivity contribution is 5.93. The Hall–Kier alpha value is -3.88. The molecule has 2 unspecified atom stereocenters. The molecule has 34 heavy (non-hydrogen) atoms. The van der Waals surface area contributed by atoms with Gasteiger partial charge in [0.2, 0.25) is 11.8 Å². The summed E-state index contributed by atoms with van der Waals surface area (Å²) in [5.74, 6) is -2.33. The highest BCUT2D eigenvalue weighted by Crippen LogP contribution is 2.44. The predicted molar refractivity (Wildman–Crippen MR) is 123 cm³/mol. The Morgan fingerprint density at radius 1 is 1.06 bits per heavy atom. The van der Waals surface area contributed by atoms with Gasteiger partial charge < -0.3 is 25.4 Å². The SMILES string of the molecule is CNC(=O)C1CCCN1C(=O)C(CC(=O)O)NC(=O)OCC1c2ccccc2-c2ccccc21. The van der Waals surface area contributed by atoms with Crippen LogP contribution in [-0.2, 0) is 19.1 Å². The van der Waals surface area contributed by atoms with Crippen molar-refractivity contribution in [2.75, 3.05) is 20.2 Å². The molecule has 1 aliphatic heterocycles. The van der Waals surface area contributed by atoms with Gasteiger partial charge in [-0.3, -0.25) is 14.4 Å². The molecule has 0 spiro atoms. The van der Waals surface area contributed by atoms with Crippen LogP contribution in [-0.4, -0.2) is 66.2 Å². The fraction of sp³-hybridized carbons (Fsp3) is 0.360. The van der Waals surface area contributed by atoms with Gasteiger partial charge >= 0.3 is 12.1 Å². The molecule has 9 nitrogen and oxygen atoms in total. The molecule has 0 radical (unpaired) electrons. The maximum atomic E-state index is 13.0. The molecular weight excluding hydrogens is 438 g/mol. The average Bonchev–Trinajstić information content (AvgIpc) is 3.44. The van der Waals surface area contributed by atoms with Gasteiger partial charge in [-0.2, -0.15) is 0 Å². The summed E-state index contributed by atoms with van der Waals surface area (Å²) in [7, 11) is 1.48. The molecule has 2 aliphatic rings. The van der Waals surface area contributed by atoms with Crippen LogP contribution in [0, 0.1) is 0 Å². The summed E-state index contributed by atoms with van der Waals surface area (Å²) < 4.78 is 5.47. The van der Waals surface area contributed by atoms with E-state index in [1.54, 1.807) is 0 Å². The first-order valence-corrected chi connectivity index (χ1v) is 11.3. The van der Waals surface area contributed by atoms with Crippen LogP contribution < -0.4 is 10.6 Å². The van der Waals surface area contributed by atoms with Gasteiger partial charge in [0.1, 0.15) is 18.7 Å². The van der Waals surface area contributed by atoms with Gasteiger partial charge in [-0.25, -0.2) is 4.79 Å². The number of fused-ring (bicyclic) bond motifs is 3. The minimum Gasteiger partial charge on any atom is -0.481 e. The highest BCUT2D eigenvalue weighted by Gasteiger charge is 2.38. The van der Waals surface area contributed by atoms with E-state index in [9.17, 15) is 24.3 Å². The molecule has 178 valence electrons. The summed E-state index contributed by atoms with van der Waals surface area (Å²) in [5, 5.41) is 14.2. The van der Waals surface area contributed by atoms with Crippen LogP contribution in [0.5, 0.6) is 0 Å². The van der Waals surface area contributed by atoms with Crippen molar-refractivity contribution in [1.82, 2.24) is 15.5 Å². The number of rotatable bonds is 7. The topological polar surface area (TPSA) is 125 Å². The third kappa shape index (κ3) is 4.59. The second kappa shape index (κ2) is 9.94. The zero-order valence-electron chi connectivity index (χ0n) is 18.8. The highest BCUT2D eigenvalue weighted by atomic mass is 16.5. The number of alkyl carbamates (subject to hydrolysis) is 1. The standard InChI is InChI=1S/C25H27N3O6/c1-26-23(31)21-11-6-12-28(21)24(32)20(13-22(29)30)27-25(33)34-14-19-17-9-4-2-7-15(17)16-8-3-5-10-18(16)19/h2-5,7-10,19-21H,6,11-14H2,1H3,(H,26,31)(H,27,33)(H,29,30). The van der Waals surface area contributed by atoms with E-state index in [0.717, 1.165) is 22.3 Å². The van der Waals surface area contributed by atoms with Crippen LogP contribution in [0.1, 0.15) is 36.3 Å². The lowest BCUT2D eigenvalue weighted by Crippen LogP contribution is -2.53. The van der Waals surface area contributed by atoms with Crippen molar-refractivity contribution in [2.45, 2.75) is 37.3 Å². The van der Waals surface area contributed by atoms with Crippen molar-refractivity contribution in [3.63, 3.8) is 0 Å². The average molecular weight is 466 g/mol. The fourth-order valence-electron chi connectivity index (χ4n) is 4.83. The van der Waals surface area contributed by atoms with Crippen molar-refractivity contribution >= 4 is 23.9 Å². The van der Waals surface area contributed by atoms with Gasteiger partial charge in [0, 0.05) is 19.5 Å². The Morgan fingerprint density at radius 2 is 1.68 bits per heavy atom. The number of benzene rings is 2. The Balaban J connectivity index is 1.45. The number of aliphatic carboxylic acids is 1. The minimum absolute atomic E-state index is 0.0401. The molecule has 1 heterocycles. The summed E-state index contributed by atoms with van der Waals surface area (Å²) in [6.45, 7) is 0.359. The van der Waals surface area contributed by atoms with Gasteiger partial charge in [0.25, 0.3) is 0 Å². The number of hydrogen-bond acceptors (Lipinski definition) is 5. The van der Waals surface area contributed by atoms with Crippen molar-refractivity contribution in [3.05, 3.63) is 59.7 Å². The zero-order chi connectivity index (χ0) is 24.2. The van der Waals surface area contributed by atoms with Gasteiger partial charge in [-0.05, 0) is 35.1 Å². The minimum atomic E-state index is -1.33. The lowest BCUT2D eigenvalue weighted by atomic mass is 9.98. The molecule has 2 aromatic carbocycles. The molecule has 0 aromatic heterocycles. The Labute approximate surface area is 197 Å². The van der Waals surface area contributed by atoms with E-state index in [4.69, 9.17) is 4.74 Å². The van der Waals surface area contributed by atoms with Crippen molar-refractivity contribution in [3.8, 4) is 11.1 Å². The third-order valence-corrected chi connectivity index (χ3v) is 6.40. The summed E-state index contributed by atoms with van der Waals surface area (Å²) in [6.07, 6.45) is -0.387. The lowest BCUT2D eigenvalue weighted by molar-refractivity contribution is -0.144. The van der Waals surface area contributed by atoms with E-state index in [0.29, 0.717) is 19.4 Å². The summed E-state index contributed by atoms with van der Waals surface area (Å²) >= 11 is 0. The molecule has 2 atom stereocenters. The molecule has 3 N–H and O–H groups in total. The number of carbonyl (C=O) groups excluding carboxylic acids is 3. The van der Waals surface area contributed by atoms with Gasteiger partial charge in [-0.1, -0.05) is 48.5 Å². The van der Waals surface area contributed by atoms with Crippen LogP contribution >= 0.6 is 0 Å². The number of carboxylic acid groups (broad SMARTS) is 1. The molecule has 1 saturated heterocycles. The molecule has 4 rings (SSSR count). The fourth-order valence-corrected chi connectivity index (χ4v) is 4.83. The van der Waals surface area contributed by atoms with E-state index in [-0.39, 0.29) is 18.4 Å². The predicted octanol–water partition coefficient (Wildman–Crippen LogP) is 2.11. The number of likely N-dealkylation sites (tertiary alicyclic amines) is 1. The summed E-state index contributed by atoms with van der Waals surface area (Å²) in [4.78, 5) is 50.5. The lowest BCUT2D eigenvalue weighted by Gasteiger charge is -2.27. The van der Waals surface area contributed by atoms with Crippen LogP contribution in [0.4, 0.5) is 4.79 Å². The molecule has 9 heteroatoms. The first-order chi connectivity index (χ1) is 16.4. The van der Waals surface area contributed by atoms with Crippen molar-refractivity contribution < 1.29 is 29.0 Å². The smallest absolute Gasteiger partial charge is 0.407 e. The van der Waals surface area contributed by atoms with Crippen LogP contribution in [0.25, 0.3) is 11.1 Å². The van der Waals surface area contributed by atoms with E-state index < -0.39 is 36.5 Å². The van der Waals surface area contributed by atoms with E-state index in [1.807, 2.05) is 48.5 Å². The monoisotopic (exact) mass is 465 g/mol. The van der Waals surface area contributed by atoms with Gasteiger partial charge in [0.15, 0.2) is 0 Å². The molecule has 1 aliphatic carbocycles. The van der Waals surface area contributed by atoms with Crippen LogP contribution in [0.15, 0.2) is 48.5 Å². The quantitative estimate of drug-likeness (QED) is 0.575. The number of carboxylic acids is 1. The molecule has 3 amide bonds. The largest absolute Gasteiger partial charge is 0.481 e. The normalized spacial score (nSPS) is 17.4. The number of nitrogens with one attached hydrogen (secondary N) is 2. The Morgan fingerprint density at radius 3 is 2.26 bits per heavy atom. The van der Waals surface area contributed by atoms with Gasteiger partial charge in [0.05, 0.1) is 6.42 Å². The van der Waals surface area contributed by atoms with Crippen LogP contribution in [0.3, 0.4) is 0 Å². The molecular formula is C25H27N3O6. The Kier molecular flexibility index (Phi) is 6.81. The molecule has 0 saturated carbocycles. The molecule has 2 aromatic rings. The van der Waals surface area contributed by atoms with E-state index in [2.05, 4.69) is 10.6 Å². The summed E-state index contributed by atoms with van der Waals surface area (Å²) in [5.41, 5.74) is 4.25. The van der Waals surface area contributed by atoms with E-state index >= 15 is 0 Å². The number of likely N-dealkylation sites (N-methyl/N-ethyl adjacent to an activating group) is 1. The third-order valence-electron chi connectivity index (χ3n) is 6.40. The Bertz CT molecular complexity index is 1070. The molecule has 0 bridgehead atoms. The summed E-state index contributed by atoms with van der Waals surface area (Å²) in [6, 6.07) is 13.8. The molecule has 1 fully saturated rings. The zero-order valence-corrected chi connectivity index (χ0v) is 18.8. The number of nitrogens with zero attached hydrogens (tertiary/aromatic N) is 1. The van der Waals surface area contributed by atoms with Gasteiger partial charge in [-0.15, -0.1) is 0 Å². The number of ether oxygens (including phenoxy) is 1. The first-order valence-electron chi connectivity index (χ1n) is 11.3. The van der Waals surface area contributed by atoms with Crippen molar-refractivity contribution in [1.29, 1.82) is 0 Å².